The highest BCUT2D eigenvalue weighted by atomic mass is 16.5. The van der Waals surface area contributed by atoms with Crippen LogP contribution in [0.4, 0.5) is 5.69 Å². The lowest BCUT2D eigenvalue weighted by Gasteiger charge is -2.23. The van der Waals surface area contributed by atoms with E-state index < -0.39 is 0 Å². The Kier molecular flexibility index (Phi) is 6.35. The second kappa shape index (κ2) is 9.31. The van der Waals surface area contributed by atoms with E-state index in [4.69, 9.17) is 4.74 Å². The first kappa shape index (κ1) is 19.8. The smallest absolute Gasteiger partial charge is 0.191 e. The largest absolute Gasteiger partial charge is 0.373 e. The van der Waals surface area contributed by atoms with Gasteiger partial charge < -0.3 is 20.3 Å². The molecular formula is C24H32N4O. The lowest BCUT2D eigenvalue weighted by Crippen LogP contribution is -2.46. The molecule has 5 heteroatoms. The van der Waals surface area contributed by atoms with Crippen LogP contribution < -0.4 is 15.5 Å². The van der Waals surface area contributed by atoms with Crippen LogP contribution in [0.2, 0.25) is 0 Å². The first-order valence-electron chi connectivity index (χ1n) is 10.7. The van der Waals surface area contributed by atoms with Gasteiger partial charge in [0, 0.05) is 50.9 Å². The van der Waals surface area contributed by atoms with Crippen molar-refractivity contribution in [2.75, 3.05) is 38.2 Å². The maximum absolute atomic E-state index is 6.02. The van der Waals surface area contributed by atoms with E-state index >= 15 is 0 Å². The third-order valence-corrected chi connectivity index (χ3v) is 6.03. The van der Waals surface area contributed by atoms with Gasteiger partial charge in [0.05, 0.1) is 6.10 Å². The molecule has 2 aromatic carbocycles. The zero-order chi connectivity index (χ0) is 20.1. The van der Waals surface area contributed by atoms with Gasteiger partial charge in [0.15, 0.2) is 5.96 Å². The molecule has 2 aliphatic rings. The fraction of sp³-hybridized carbons (Fsp3) is 0.458. The zero-order valence-corrected chi connectivity index (χ0v) is 17.5. The van der Waals surface area contributed by atoms with Crippen LogP contribution in [0.25, 0.3) is 0 Å². The number of nitrogens with one attached hydrogen (secondary N) is 2. The summed E-state index contributed by atoms with van der Waals surface area (Å²) in [7, 11) is 1.85. The summed E-state index contributed by atoms with van der Waals surface area (Å²) in [6.45, 7) is 5.90. The van der Waals surface area contributed by atoms with Gasteiger partial charge in [0.1, 0.15) is 0 Å². The molecule has 0 saturated carbocycles. The number of aliphatic imine (C=N–C) groups is 1. The third-order valence-electron chi connectivity index (χ3n) is 6.03. The molecule has 2 aromatic rings. The van der Waals surface area contributed by atoms with Crippen LogP contribution in [0.3, 0.4) is 0 Å². The summed E-state index contributed by atoms with van der Waals surface area (Å²) < 4.78 is 6.02. The first-order valence-corrected chi connectivity index (χ1v) is 10.7. The van der Waals surface area contributed by atoms with Crippen molar-refractivity contribution in [2.24, 2.45) is 10.9 Å². The molecule has 3 unspecified atom stereocenters. The minimum atomic E-state index is 0.172. The molecule has 2 N–H and O–H groups in total. The fourth-order valence-corrected chi connectivity index (χ4v) is 4.34. The molecule has 4 rings (SSSR count). The number of nitrogens with zero attached hydrogens (tertiary/aromatic N) is 2. The number of hydrogen-bond acceptors (Lipinski definition) is 3. The lowest BCUT2D eigenvalue weighted by molar-refractivity contribution is 0.0915. The van der Waals surface area contributed by atoms with E-state index in [0.717, 1.165) is 45.0 Å². The van der Waals surface area contributed by atoms with Gasteiger partial charge in [-0.1, -0.05) is 48.0 Å². The molecule has 154 valence electrons. The molecule has 2 aliphatic heterocycles. The predicted octanol–water partition coefficient (Wildman–Crippen LogP) is 3.52. The maximum Gasteiger partial charge on any atom is 0.191 e. The van der Waals surface area contributed by atoms with Crippen LogP contribution in [0.15, 0.2) is 59.6 Å². The molecule has 0 aromatic heterocycles. The molecule has 0 amide bonds. The zero-order valence-electron chi connectivity index (χ0n) is 17.5. The van der Waals surface area contributed by atoms with Crippen LogP contribution in [0.5, 0.6) is 0 Å². The summed E-state index contributed by atoms with van der Waals surface area (Å²) in [6, 6.07) is 19.8. The highest BCUT2D eigenvalue weighted by Gasteiger charge is 2.30. The average molecular weight is 393 g/mol. The first-order chi connectivity index (χ1) is 14.2. The van der Waals surface area contributed by atoms with Crippen LogP contribution >= 0.6 is 0 Å². The van der Waals surface area contributed by atoms with Crippen LogP contribution in [0.1, 0.15) is 30.1 Å². The number of benzene rings is 2. The fourth-order valence-electron chi connectivity index (χ4n) is 4.34. The number of aryl methyl sites for hydroxylation is 1. The molecule has 2 heterocycles. The number of hydrogen-bond donors (Lipinski definition) is 2. The number of guanidine groups is 1. The molecule has 0 bridgehead atoms. The normalized spacial score (nSPS) is 24.7. The van der Waals surface area contributed by atoms with E-state index in [-0.39, 0.29) is 6.10 Å². The monoisotopic (exact) mass is 392 g/mol. The predicted molar refractivity (Wildman–Crippen MR) is 120 cm³/mol. The van der Waals surface area contributed by atoms with Crippen molar-refractivity contribution in [3.8, 4) is 0 Å². The maximum atomic E-state index is 6.02. The summed E-state index contributed by atoms with van der Waals surface area (Å²) in [5, 5.41) is 7.15. The van der Waals surface area contributed by atoms with Crippen molar-refractivity contribution in [1.29, 1.82) is 0 Å². The number of ether oxygens (including phenoxy) is 1. The van der Waals surface area contributed by atoms with E-state index in [1.165, 1.54) is 16.8 Å². The van der Waals surface area contributed by atoms with Crippen LogP contribution in [-0.4, -0.2) is 45.3 Å². The van der Waals surface area contributed by atoms with Gasteiger partial charge in [0.2, 0.25) is 0 Å². The minimum Gasteiger partial charge on any atom is -0.373 e. The molecule has 0 aliphatic carbocycles. The third kappa shape index (κ3) is 4.91. The van der Waals surface area contributed by atoms with Gasteiger partial charge in [-0.05, 0) is 37.5 Å². The van der Waals surface area contributed by atoms with Crippen LogP contribution in [-0.2, 0) is 4.74 Å². The quantitative estimate of drug-likeness (QED) is 0.604. The highest BCUT2D eigenvalue weighted by molar-refractivity contribution is 5.80. The Labute approximate surface area is 174 Å². The van der Waals surface area contributed by atoms with Crippen LogP contribution in [0, 0.1) is 12.8 Å². The van der Waals surface area contributed by atoms with E-state index in [2.05, 4.69) is 82.0 Å². The van der Waals surface area contributed by atoms with Gasteiger partial charge in [-0.2, -0.15) is 0 Å². The van der Waals surface area contributed by atoms with Crippen molar-refractivity contribution in [2.45, 2.75) is 31.9 Å². The van der Waals surface area contributed by atoms with E-state index in [1.807, 2.05) is 7.05 Å². The Hall–Kier alpha value is -2.53. The lowest BCUT2D eigenvalue weighted by atomic mass is 9.95. The SMILES string of the molecule is CN=C(NCC1CCOC1c1ccccc1)NC1CCN(c2ccc(C)cc2)C1. The summed E-state index contributed by atoms with van der Waals surface area (Å²) in [5.74, 6) is 1.35. The molecule has 29 heavy (non-hydrogen) atoms. The van der Waals surface area contributed by atoms with Crippen molar-refractivity contribution in [1.82, 2.24) is 10.6 Å². The summed E-state index contributed by atoms with van der Waals surface area (Å²) >= 11 is 0. The van der Waals surface area contributed by atoms with E-state index in [0.29, 0.717) is 12.0 Å². The number of rotatable bonds is 5. The Morgan fingerprint density at radius 2 is 1.90 bits per heavy atom. The van der Waals surface area contributed by atoms with Gasteiger partial charge >= 0.3 is 0 Å². The van der Waals surface area contributed by atoms with Crippen molar-refractivity contribution in [3.63, 3.8) is 0 Å². The Morgan fingerprint density at radius 1 is 1.10 bits per heavy atom. The van der Waals surface area contributed by atoms with Gasteiger partial charge in [-0.3, -0.25) is 4.99 Å². The number of anilines is 1. The van der Waals surface area contributed by atoms with Gasteiger partial charge in [-0.15, -0.1) is 0 Å². The Bertz CT molecular complexity index is 805. The van der Waals surface area contributed by atoms with Crippen molar-refractivity contribution in [3.05, 3.63) is 65.7 Å². The van der Waals surface area contributed by atoms with Gasteiger partial charge in [-0.25, -0.2) is 0 Å². The summed E-state index contributed by atoms with van der Waals surface area (Å²) in [5.41, 5.74) is 3.87. The molecule has 2 fully saturated rings. The van der Waals surface area contributed by atoms with E-state index in [9.17, 15) is 0 Å². The molecule has 3 atom stereocenters. The average Bonchev–Trinajstić information content (AvgIpc) is 3.42. The van der Waals surface area contributed by atoms with E-state index in [1.54, 1.807) is 0 Å². The summed E-state index contributed by atoms with van der Waals surface area (Å²) in [6.07, 6.45) is 2.37. The molecule has 0 radical (unpaired) electrons. The van der Waals surface area contributed by atoms with Gasteiger partial charge in [0.25, 0.3) is 0 Å². The molecule has 0 spiro atoms. The Morgan fingerprint density at radius 3 is 2.66 bits per heavy atom. The van der Waals surface area contributed by atoms with Crippen molar-refractivity contribution < 1.29 is 4.74 Å². The van der Waals surface area contributed by atoms with Crippen molar-refractivity contribution >= 4 is 11.6 Å². The second-order valence-electron chi connectivity index (χ2n) is 8.12. The Balaban J connectivity index is 1.28. The molecule has 5 nitrogen and oxygen atoms in total. The minimum absolute atomic E-state index is 0.172. The molecule has 2 saturated heterocycles. The highest BCUT2D eigenvalue weighted by Crippen LogP contribution is 2.33. The topological polar surface area (TPSA) is 48.9 Å². The second-order valence-corrected chi connectivity index (χ2v) is 8.12. The molecular weight excluding hydrogens is 360 g/mol. The standard InChI is InChI=1S/C24H32N4O/c1-18-8-10-22(11-9-18)28-14-12-21(17-28)27-24(25-2)26-16-20-13-15-29-23(20)19-6-4-3-5-7-19/h3-11,20-21,23H,12-17H2,1-2H3,(H2,25,26,27). The summed E-state index contributed by atoms with van der Waals surface area (Å²) in [4.78, 5) is 6.90.